The summed E-state index contributed by atoms with van der Waals surface area (Å²) in [5.41, 5.74) is 2.66. The first-order chi connectivity index (χ1) is 10.1. The summed E-state index contributed by atoms with van der Waals surface area (Å²) in [5, 5.41) is 0. The highest BCUT2D eigenvalue weighted by Crippen LogP contribution is 2.24. The van der Waals surface area contributed by atoms with Crippen molar-refractivity contribution in [2.75, 3.05) is 0 Å². The molecule has 0 unspecified atom stereocenters. The molecule has 110 valence electrons. The van der Waals surface area contributed by atoms with E-state index in [-0.39, 0.29) is 11.4 Å². The molecule has 0 radical (unpaired) electrons. The molecule has 0 saturated carbocycles. The molecule has 0 saturated heterocycles. The van der Waals surface area contributed by atoms with Gasteiger partial charge in [0.2, 0.25) is 10.0 Å². The van der Waals surface area contributed by atoms with Gasteiger partial charge in [-0.2, -0.15) is 0 Å². The van der Waals surface area contributed by atoms with E-state index in [1.54, 1.807) is 30.3 Å². The Morgan fingerprint density at radius 1 is 1.05 bits per heavy atom. The van der Waals surface area contributed by atoms with E-state index in [1.807, 2.05) is 6.07 Å². The third-order valence-corrected chi connectivity index (χ3v) is 5.19. The zero-order chi connectivity index (χ0) is 14.9. The molecule has 2 aromatic rings. The summed E-state index contributed by atoms with van der Waals surface area (Å²) < 4.78 is 40.5. The maximum Gasteiger partial charge on any atom is 0.240 e. The van der Waals surface area contributed by atoms with Crippen LogP contribution in [-0.2, 0) is 29.4 Å². The number of hydrogen-bond donors (Lipinski definition) is 1. The smallest absolute Gasteiger partial charge is 0.207 e. The molecule has 1 N–H and O–H groups in total. The predicted octanol–water partition coefficient (Wildman–Crippen LogP) is 2.79. The van der Waals surface area contributed by atoms with Crippen LogP contribution in [0.1, 0.15) is 23.1 Å². The Hall–Kier alpha value is -1.72. The molecule has 0 aliphatic heterocycles. The third kappa shape index (κ3) is 2.99. The highest BCUT2D eigenvalue weighted by Gasteiger charge is 2.18. The lowest BCUT2D eigenvalue weighted by molar-refractivity contribution is 0.574. The fraction of sp³-hybridized carbons (Fsp3) is 0.250. The minimum Gasteiger partial charge on any atom is -0.207 e. The van der Waals surface area contributed by atoms with E-state index in [0.29, 0.717) is 5.56 Å². The summed E-state index contributed by atoms with van der Waals surface area (Å²) in [6, 6.07) is 11.4. The first kappa shape index (κ1) is 14.2. The van der Waals surface area contributed by atoms with Gasteiger partial charge in [0.15, 0.2) is 0 Å². The lowest BCUT2D eigenvalue weighted by atomic mass is 10.1. The zero-order valence-corrected chi connectivity index (χ0v) is 12.3. The quantitative estimate of drug-likeness (QED) is 0.944. The fourth-order valence-corrected chi connectivity index (χ4v) is 3.67. The van der Waals surface area contributed by atoms with Crippen LogP contribution in [-0.4, -0.2) is 8.42 Å². The van der Waals surface area contributed by atoms with Gasteiger partial charge in [0.1, 0.15) is 5.82 Å². The maximum atomic E-state index is 13.5. The number of halogens is 1. The first-order valence-corrected chi connectivity index (χ1v) is 8.39. The first-order valence-electron chi connectivity index (χ1n) is 6.91. The summed E-state index contributed by atoms with van der Waals surface area (Å²) in [6.07, 6.45) is 3.01. The molecule has 2 aromatic carbocycles. The lowest BCUT2D eigenvalue weighted by Gasteiger charge is -2.09. The number of fused-ring (bicyclic) bond motifs is 1. The average molecular weight is 305 g/mol. The van der Waals surface area contributed by atoms with E-state index < -0.39 is 15.8 Å². The molecule has 0 heterocycles. The normalized spacial score (nSPS) is 14.1. The molecule has 1 aliphatic rings. The molecule has 3 rings (SSSR count). The summed E-state index contributed by atoms with van der Waals surface area (Å²) in [6.45, 7) is -0.0495. The molecule has 0 atom stereocenters. The number of nitrogens with one attached hydrogen (secondary N) is 1. The van der Waals surface area contributed by atoms with E-state index in [2.05, 4.69) is 4.72 Å². The average Bonchev–Trinajstić information content (AvgIpc) is 2.94. The van der Waals surface area contributed by atoms with Crippen molar-refractivity contribution < 1.29 is 12.8 Å². The molecular weight excluding hydrogens is 289 g/mol. The Kier molecular flexibility index (Phi) is 3.78. The molecule has 0 aromatic heterocycles. The van der Waals surface area contributed by atoms with Gasteiger partial charge in [-0.1, -0.05) is 24.3 Å². The molecule has 5 heteroatoms. The van der Waals surface area contributed by atoms with Crippen LogP contribution in [0.25, 0.3) is 0 Å². The molecule has 3 nitrogen and oxygen atoms in total. The monoisotopic (exact) mass is 305 g/mol. The van der Waals surface area contributed by atoms with Gasteiger partial charge in [-0.15, -0.1) is 0 Å². The van der Waals surface area contributed by atoms with Gasteiger partial charge in [0, 0.05) is 12.1 Å². The van der Waals surface area contributed by atoms with Crippen molar-refractivity contribution in [1.82, 2.24) is 4.72 Å². The Labute approximate surface area is 123 Å². The van der Waals surface area contributed by atoms with Crippen molar-refractivity contribution in [1.29, 1.82) is 0 Å². The van der Waals surface area contributed by atoms with E-state index in [1.165, 1.54) is 11.6 Å². The Balaban J connectivity index is 1.80. The van der Waals surface area contributed by atoms with Gasteiger partial charge in [-0.25, -0.2) is 17.5 Å². The standard InChI is InChI=1S/C16H16FNO2S/c17-16-7-2-1-4-14(16)11-18-21(19,20)15-9-8-12-5-3-6-13(12)10-15/h1-2,4,7-10,18H,3,5-6,11H2. The lowest BCUT2D eigenvalue weighted by Crippen LogP contribution is -2.23. The SMILES string of the molecule is O=S(=O)(NCc1ccccc1F)c1ccc2c(c1)CCC2. The third-order valence-electron chi connectivity index (χ3n) is 3.79. The van der Waals surface area contributed by atoms with Crippen molar-refractivity contribution in [2.24, 2.45) is 0 Å². The summed E-state index contributed by atoms with van der Waals surface area (Å²) in [4.78, 5) is 0.250. The predicted molar refractivity (Wildman–Crippen MR) is 78.9 cm³/mol. The topological polar surface area (TPSA) is 46.2 Å². The molecule has 0 bridgehead atoms. The molecular formula is C16H16FNO2S. The van der Waals surface area contributed by atoms with Crippen LogP contribution in [0.2, 0.25) is 0 Å². The van der Waals surface area contributed by atoms with Gasteiger partial charge in [-0.3, -0.25) is 0 Å². The van der Waals surface area contributed by atoms with Crippen LogP contribution in [0.5, 0.6) is 0 Å². The Bertz CT molecular complexity index is 772. The molecule has 0 amide bonds. The van der Waals surface area contributed by atoms with Crippen molar-refractivity contribution in [3.63, 3.8) is 0 Å². The van der Waals surface area contributed by atoms with Gasteiger partial charge >= 0.3 is 0 Å². The van der Waals surface area contributed by atoms with E-state index in [9.17, 15) is 12.8 Å². The van der Waals surface area contributed by atoms with Crippen molar-refractivity contribution >= 4 is 10.0 Å². The second-order valence-electron chi connectivity index (χ2n) is 5.20. The van der Waals surface area contributed by atoms with Crippen molar-refractivity contribution in [3.8, 4) is 0 Å². The van der Waals surface area contributed by atoms with E-state index >= 15 is 0 Å². The number of sulfonamides is 1. The Morgan fingerprint density at radius 3 is 2.62 bits per heavy atom. The minimum atomic E-state index is -3.61. The van der Waals surface area contributed by atoms with Crippen LogP contribution in [0.15, 0.2) is 47.4 Å². The second-order valence-corrected chi connectivity index (χ2v) is 6.97. The van der Waals surface area contributed by atoms with E-state index in [0.717, 1.165) is 24.8 Å². The highest BCUT2D eigenvalue weighted by molar-refractivity contribution is 7.89. The number of hydrogen-bond acceptors (Lipinski definition) is 2. The van der Waals surface area contributed by atoms with Crippen LogP contribution in [0.4, 0.5) is 4.39 Å². The summed E-state index contributed by atoms with van der Waals surface area (Å²) in [5.74, 6) is -0.408. The van der Waals surface area contributed by atoms with Crippen molar-refractivity contribution in [2.45, 2.75) is 30.7 Å². The molecule has 21 heavy (non-hydrogen) atoms. The fourth-order valence-electron chi connectivity index (χ4n) is 2.61. The zero-order valence-electron chi connectivity index (χ0n) is 11.5. The summed E-state index contributed by atoms with van der Waals surface area (Å²) in [7, 11) is -3.61. The van der Waals surface area contributed by atoms with Crippen LogP contribution in [0, 0.1) is 5.82 Å². The van der Waals surface area contributed by atoms with Gasteiger partial charge in [0.05, 0.1) is 4.90 Å². The number of benzene rings is 2. The number of rotatable bonds is 4. The summed E-state index contributed by atoms with van der Waals surface area (Å²) >= 11 is 0. The van der Waals surface area contributed by atoms with Crippen molar-refractivity contribution in [3.05, 3.63) is 65.0 Å². The molecule has 0 spiro atoms. The van der Waals surface area contributed by atoms with Crippen LogP contribution in [0.3, 0.4) is 0 Å². The molecule has 1 aliphatic carbocycles. The van der Waals surface area contributed by atoms with Gasteiger partial charge in [-0.05, 0) is 48.6 Å². The highest BCUT2D eigenvalue weighted by atomic mass is 32.2. The maximum absolute atomic E-state index is 13.5. The number of aryl methyl sites for hydroxylation is 2. The van der Waals surface area contributed by atoms with Crippen LogP contribution < -0.4 is 4.72 Å². The van der Waals surface area contributed by atoms with Gasteiger partial charge in [0.25, 0.3) is 0 Å². The van der Waals surface area contributed by atoms with Crippen LogP contribution >= 0.6 is 0 Å². The minimum absolute atomic E-state index is 0.0495. The molecule has 0 fully saturated rings. The van der Waals surface area contributed by atoms with Gasteiger partial charge < -0.3 is 0 Å². The van der Waals surface area contributed by atoms with E-state index in [4.69, 9.17) is 0 Å². The second kappa shape index (κ2) is 5.58. The largest absolute Gasteiger partial charge is 0.240 e. The Morgan fingerprint density at radius 2 is 1.81 bits per heavy atom.